The van der Waals surface area contributed by atoms with Crippen molar-refractivity contribution in [3.63, 3.8) is 0 Å². The Morgan fingerprint density at radius 3 is 2.73 bits per heavy atom. The van der Waals surface area contributed by atoms with Crippen LogP contribution in [0, 0.1) is 17.9 Å². The highest BCUT2D eigenvalue weighted by Gasteiger charge is 2.41. The molecule has 0 unspecified atom stereocenters. The summed E-state index contributed by atoms with van der Waals surface area (Å²) in [6, 6.07) is 10.8. The number of hydrogen-bond acceptors (Lipinski definition) is 2. The largest absolute Gasteiger partial charge is 0.375 e. The zero-order valence-electron chi connectivity index (χ0n) is 8.75. The van der Waals surface area contributed by atoms with Crippen molar-refractivity contribution in [2.75, 3.05) is 19.8 Å². The van der Waals surface area contributed by atoms with E-state index >= 15 is 0 Å². The van der Waals surface area contributed by atoms with E-state index in [9.17, 15) is 0 Å². The minimum absolute atomic E-state index is 0.279. The molecule has 1 aliphatic rings. The van der Waals surface area contributed by atoms with Crippen molar-refractivity contribution in [2.45, 2.75) is 12.5 Å². The third-order valence-corrected chi connectivity index (χ3v) is 2.51. The quantitative estimate of drug-likeness (QED) is 0.694. The Morgan fingerprint density at radius 2 is 2.20 bits per heavy atom. The monoisotopic (exact) mass is 201 g/mol. The molecule has 77 valence electrons. The topological polar surface area (TPSA) is 18.5 Å². The van der Waals surface area contributed by atoms with Gasteiger partial charge >= 0.3 is 0 Å². The van der Waals surface area contributed by atoms with Gasteiger partial charge in [-0.15, -0.1) is 5.92 Å². The summed E-state index contributed by atoms with van der Waals surface area (Å²) >= 11 is 0. The molecular weight excluding hydrogens is 188 g/mol. The molecule has 1 aromatic carbocycles. The van der Waals surface area contributed by atoms with Crippen molar-refractivity contribution in [1.29, 1.82) is 0 Å². The second-order valence-electron chi connectivity index (χ2n) is 3.49. The number of benzene rings is 1. The van der Waals surface area contributed by atoms with Crippen LogP contribution in [-0.2, 0) is 15.1 Å². The predicted octanol–water partition coefficient (Wildman–Crippen LogP) is 1.75. The van der Waals surface area contributed by atoms with Gasteiger partial charge in [-0.25, -0.2) is 0 Å². The van der Waals surface area contributed by atoms with E-state index in [1.54, 1.807) is 0 Å². The predicted molar refractivity (Wildman–Crippen MR) is 57.2 cm³/mol. The average molecular weight is 201 g/mol. The van der Waals surface area contributed by atoms with Crippen molar-refractivity contribution < 1.29 is 9.47 Å². The second kappa shape index (κ2) is 4.48. The van der Waals surface area contributed by atoms with Gasteiger partial charge < -0.3 is 9.47 Å². The molecule has 15 heavy (non-hydrogen) atoms. The molecule has 0 spiro atoms. The van der Waals surface area contributed by atoms with E-state index in [1.807, 2.05) is 31.2 Å². The van der Waals surface area contributed by atoms with E-state index in [2.05, 4.69) is 17.9 Å². The molecule has 2 rings (SSSR count). The van der Waals surface area contributed by atoms with Crippen LogP contribution in [0.4, 0.5) is 0 Å². The lowest BCUT2D eigenvalue weighted by molar-refractivity contribution is -0.210. The standard InChI is InChI=1S/C13H13O2/c1-2-3-9-15-13(10-14-11-13)12-7-5-4-6-8-12/h5-8H,9-11H2,1H3. The van der Waals surface area contributed by atoms with Gasteiger partial charge in [-0.05, 0) is 18.6 Å². The minimum atomic E-state index is -0.279. The van der Waals surface area contributed by atoms with Crippen LogP contribution in [0.1, 0.15) is 12.5 Å². The van der Waals surface area contributed by atoms with Gasteiger partial charge in [0.15, 0.2) is 0 Å². The number of ether oxygens (including phenoxy) is 2. The highest BCUT2D eigenvalue weighted by atomic mass is 16.6. The van der Waals surface area contributed by atoms with Crippen LogP contribution in [0.2, 0.25) is 0 Å². The summed E-state index contributed by atoms with van der Waals surface area (Å²) in [5.74, 6) is 5.72. The zero-order chi connectivity index (χ0) is 10.6. The van der Waals surface area contributed by atoms with E-state index < -0.39 is 0 Å². The van der Waals surface area contributed by atoms with Crippen LogP contribution in [0.25, 0.3) is 0 Å². The molecule has 2 nitrogen and oxygen atoms in total. The molecule has 2 heteroatoms. The first kappa shape index (κ1) is 10.2. The van der Waals surface area contributed by atoms with Crippen LogP contribution >= 0.6 is 0 Å². The van der Waals surface area contributed by atoms with Crippen molar-refractivity contribution in [3.05, 3.63) is 35.9 Å². The van der Waals surface area contributed by atoms with Crippen LogP contribution in [0.3, 0.4) is 0 Å². The smallest absolute Gasteiger partial charge is 0.141 e. The first-order valence-electron chi connectivity index (χ1n) is 4.95. The van der Waals surface area contributed by atoms with Crippen LogP contribution in [0.5, 0.6) is 0 Å². The van der Waals surface area contributed by atoms with Crippen molar-refractivity contribution in [3.8, 4) is 11.8 Å². The third-order valence-electron chi connectivity index (χ3n) is 2.51. The summed E-state index contributed by atoms with van der Waals surface area (Å²) in [5.41, 5.74) is 0.865. The Hall–Kier alpha value is -1.30. The molecule has 0 atom stereocenters. The normalized spacial score (nSPS) is 17.4. The third kappa shape index (κ3) is 2.04. The molecule has 0 saturated carbocycles. The fourth-order valence-electron chi connectivity index (χ4n) is 1.56. The van der Waals surface area contributed by atoms with Gasteiger partial charge in [0.25, 0.3) is 0 Å². The maximum absolute atomic E-state index is 5.78. The summed E-state index contributed by atoms with van der Waals surface area (Å²) in [5, 5.41) is 0. The summed E-state index contributed by atoms with van der Waals surface area (Å²) < 4.78 is 11.0. The van der Waals surface area contributed by atoms with E-state index in [0.717, 1.165) is 5.56 Å². The first-order valence-corrected chi connectivity index (χ1v) is 4.95. The van der Waals surface area contributed by atoms with Crippen LogP contribution in [0.15, 0.2) is 24.3 Å². The summed E-state index contributed by atoms with van der Waals surface area (Å²) in [4.78, 5) is 0. The fraction of sp³-hybridized carbons (Fsp3) is 0.385. The summed E-state index contributed by atoms with van der Waals surface area (Å²) in [7, 11) is 0. The molecule has 0 N–H and O–H groups in total. The van der Waals surface area contributed by atoms with E-state index in [1.165, 1.54) is 0 Å². The lowest BCUT2D eigenvalue weighted by atomic mass is 9.92. The molecule has 0 aliphatic carbocycles. The Labute approximate surface area is 90.2 Å². The highest BCUT2D eigenvalue weighted by Crippen LogP contribution is 2.33. The van der Waals surface area contributed by atoms with Crippen molar-refractivity contribution in [1.82, 2.24) is 0 Å². The minimum Gasteiger partial charge on any atom is -0.375 e. The van der Waals surface area contributed by atoms with Gasteiger partial charge in [-0.1, -0.05) is 30.2 Å². The molecule has 1 aliphatic heterocycles. The van der Waals surface area contributed by atoms with Gasteiger partial charge in [-0.2, -0.15) is 0 Å². The van der Waals surface area contributed by atoms with Crippen molar-refractivity contribution >= 4 is 0 Å². The lowest BCUT2D eigenvalue weighted by Crippen LogP contribution is -2.49. The van der Waals surface area contributed by atoms with Gasteiger partial charge in [0.05, 0.1) is 13.2 Å². The van der Waals surface area contributed by atoms with E-state index in [-0.39, 0.29) is 5.60 Å². The fourth-order valence-corrected chi connectivity index (χ4v) is 1.56. The Kier molecular flexibility index (Phi) is 3.05. The lowest BCUT2D eigenvalue weighted by Gasteiger charge is -2.41. The van der Waals surface area contributed by atoms with E-state index in [0.29, 0.717) is 19.8 Å². The highest BCUT2D eigenvalue weighted by molar-refractivity contribution is 5.24. The molecule has 1 heterocycles. The van der Waals surface area contributed by atoms with Crippen molar-refractivity contribution in [2.24, 2.45) is 0 Å². The van der Waals surface area contributed by atoms with Gasteiger partial charge in [0.2, 0.25) is 0 Å². The molecule has 0 amide bonds. The number of rotatable bonds is 3. The molecule has 0 bridgehead atoms. The summed E-state index contributed by atoms with van der Waals surface area (Å²) in [6.45, 7) is 3.49. The summed E-state index contributed by atoms with van der Waals surface area (Å²) in [6.07, 6.45) is 0. The number of hydrogen-bond donors (Lipinski definition) is 0. The molecule has 0 aromatic heterocycles. The zero-order valence-corrected chi connectivity index (χ0v) is 8.75. The Morgan fingerprint density at radius 1 is 1.47 bits per heavy atom. The maximum atomic E-state index is 5.78. The Balaban J connectivity index is 2.10. The van der Waals surface area contributed by atoms with E-state index in [4.69, 9.17) is 9.47 Å². The average Bonchev–Trinajstić information content (AvgIpc) is 2.23. The molecule has 1 aromatic rings. The van der Waals surface area contributed by atoms with Crippen LogP contribution in [-0.4, -0.2) is 19.8 Å². The SMILES string of the molecule is CC#CCOC1(c2cc[c]cc2)COC1. The molecule has 1 saturated heterocycles. The van der Waals surface area contributed by atoms with Gasteiger partial charge in [-0.3, -0.25) is 0 Å². The molecular formula is C13H13O2. The first-order chi connectivity index (χ1) is 7.37. The van der Waals surface area contributed by atoms with Gasteiger partial charge in [0, 0.05) is 0 Å². The van der Waals surface area contributed by atoms with Crippen LogP contribution < -0.4 is 0 Å². The maximum Gasteiger partial charge on any atom is 0.141 e. The van der Waals surface area contributed by atoms with Gasteiger partial charge in [0.1, 0.15) is 12.2 Å². The molecule has 1 radical (unpaired) electrons. The second-order valence-corrected chi connectivity index (χ2v) is 3.49. The molecule has 1 fully saturated rings. The Bertz CT molecular complexity index is 369.